The van der Waals surface area contributed by atoms with Gasteiger partial charge in [-0.25, -0.2) is 14.9 Å². The molecule has 0 atom stereocenters. The molecule has 2 aliphatic heterocycles. The Morgan fingerprint density at radius 3 is 2.64 bits per heavy atom. The van der Waals surface area contributed by atoms with Crippen LogP contribution in [0.2, 0.25) is 0 Å². The van der Waals surface area contributed by atoms with Gasteiger partial charge in [0.05, 0.1) is 19.9 Å². The molecule has 8 nitrogen and oxygen atoms in total. The zero-order chi connectivity index (χ0) is 23.3. The number of halogens is 1. The molecule has 0 radical (unpaired) electrons. The summed E-state index contributed by atoms with van der Waals surface area (Å²) in [5, 5.41) is 0. The van der Waals surface area contributed by atoms with Crippen LogP contribution in [-0.2, 0) is 27.4 Å². The minimum atomic E-state index is -0.666. The third-order valence-electron chi connectivity index (χ3n) is 5.05. The normalized spacial score (nSPS) is 18.1. The average molecular weight is 458 g/mol. The second-order valence-electron chi connectivity index (χ2n) is 8.14. The molecule has 1 fully saturated rings. The summed E-state index contributed by atoms with van der Waals surface area (Å²) in [6.07, 6.45) is 1.53. The fraction of sp³-hybridized carbons (Fsp3) is 0.375. The minimum absolute atomic E-state index is 0.275. The van der Waals surface area contributed by atoms with E-state index < -0.39 is 11.6 Å². The Bertz CT molecular complexity index is 1020. The van der Waals surface area contributed by atoms with E-state index in [0.717, 1.165) is 30.8 Å². The third-order valence-corrected chi connectivity index (χ3v) is 5.05. The molecule has 0 amide bonds. The Kier molecular flexibility index (Phi) is 6.88. The van der Waals surface area contributed by atoms with Crippen molar-refractivity contribution in [3.8, 4) is 11.5 Å². The highest BCUT2D eigenvalue weighted by Crippen LogP contribution is 2.25. The number of nitrogens with zero attached hydrogens (tertiary/aromatic N) is 2. The summed E-state index contributed by atoms with van der Waals surface area (Å²) in [7, 11) is 1.63. The quantitative estimate of drug-likeness (QED) is 0.606. The molecule has 0 aliphatic carbocycles. The van der Waals surface area contributed by atoms with E-state index in [1.165, 1.54) is 18.3 Å². The standard InChI is InChI=1S/C24H28FN3O5/c1-24(2)31-16-22(32-24)13-27-33-21-11-19(25)10-20(12-21)30-15-18-6-4-17(5-7-18)14-28-9-8-26-23(28)29-3/h4-7,10-13,27H,8-9,14-16H2,1-3H3. The molecule has 4 rings (SSSR count). The zero-order valence-electron chi connectivity index (χ0n) is 19.0. The number of ether oxygens (including phenoxy) is 4. The zero-order valence-corrected chi connectivity index (χ0v) is 19.0. The molecule has 0 aromatic heterocycles. The lowest BCUT2D eigenvalue weighted by Crippen LogP contribution is -2.28. The molecule has 1 N–H and O–H groups in total. The van der Waals surface area contributed by atoms with Crippen molar-refractivity contribution in [2.75, 3.05) is 26.8 Å². The summed E-state index contributed by atoms with van der Waals surface area (Å²) in [4.78, 5) is 11.8. The summed E-state index contributed by atoms with van der Waals surface area (Å²) in [6.45, 7) is 6.60. The summed E-state index contributed by atoms with van der Waals surface area (Å²) in [5.74, 6) is 0.0996. The van der Waals surface area contributed by atoms with Gasteiger partial charge in [0.1, 0.15) is 30.5 Å². The molecule has 0 spiro atoms. The van der Waals surface area contributed by atoms with Crippen LogP contribution < -0.4 is 15.1 Å². The molecule has 0 saturated carbocycles. The second kappa shape index (κ2) is 9.99. The van der Waals surface area contributed by atoms with Crippen LogP contribution in [0.3, 0.4) is 0 Å². The highest BCUT2D eigenvalue weighted by atomic mass is 19.1. The molecule has 33 heavy (non-hydrogen) atoms. The molecular weight excluding hydrogens is 429 g/mol. The highest BCUT2D eigenvalue weighted by Gasteiger charge is 2.29. The topological polar surface area (TPSA) is 73.8 Å². The molecule has 2 aromatic rings. The Morgan fingerprint density at radius 2 is 1.91 bits per heavy atom. The number of hydrogen-bond acceptors (Lipinski definition) is 8. The SMILES string of the molecule is COC1=NCCN1Cc1ccc(COc2cc(F)cc(ONC=C3COC(C)(C)O3)c2)cc1. The molecule has 0 unspecified atom stereocenters. The van der Waals surface area contributed by atoms with E-state index in [2.05, 4.69) is 15.4 Å². The Hall–Kier alpha value is -3.46. The van der Waals surface area contributed by atoms with Gasteiger partial charge in [0, 0.05) is 45.1 Å². The smallest absolute Gasteiger partial charge is 0.287 e. The number of nitrogens with one attached hydrogen (secondary N) is 1. The molecule has 2 heterocycles. The minimum Gasteiger partial charge on any atom is -0.489 e. The number of aliphatic imine (C=N–C) groups is 1. The summed E-state index contributed by atoms with van der Waals surface area (Å²) in [6, 6.07) is 12.9. The van der Waals surface area contributed by atoms with E-state index >= 15 is 0 Å². The van der Waals surface area contributed by atoms with Gasteiger partial charge in [-0.3, -0.25) is 0 Å². The van der Waals surface area contributed by atoms with Crippen molar-refractivity contribution in [1.29, 1.82) is 0 Å². The first kappa shape index (κ1) is 22.7. The molecule has 2 aromatic carbocycles. The molecule has 176 valence electrons. The van der Waals surface area contributed by atoms with Crippen LogP contribution in [0.5, 0.6) is 11.5 Å². The van der Waals surface area contributed by atoms with Gasteiger partial charge in [-0.15, -0.1) is 0 Å². The van der Waals surface area contributed by atoms with Gasteiger partial charge in [-0.05, 0) is 11.1 Å². The largest absolute Gasteiger partial charge is 0.489 e. The number of benzene rings is 2. The lowest BCUT2D eigenvalue weighted by Gasteiger charge is -2.18. The van der Waals surface area contributed by atoms with Crippen LogP contribution in [-0.4, -0.2) is 43.5 Å². The van der Waals surface area contributed by atoms with E-state index in [1.54, 1.807) is 13.2 Å². The van der Waals surface area contributed by atoms with Crippen LogP contribution in [0.4, 0.5) is 4.39 Å². The fourth-order valence-corrected chi connectivity index (χ4v) is 3.46. The Morgan fingerprint density at radius 1 is 1.15 bits per heavy atom. The number of hydrogen-bond donors (Lipinski definition) is 1. The molecule has 1 saturated heterocycles. The van der Waals surface area contributed by atoms with E-state index in [1.807, 2.05) is 38.1 Å². The molecular formula is C24H28FN3O5. The van der Waals surface area contributed by atoms with E-state index in [4.69, 9.17) is 23.8 Å². The number of rotatable bonds is 8. The molecule has 2 aliphatic rings. The summed E-state index contributed by atoms with van der Waals surface area (Å²) < 4.78 is 36.1. The average Bonchev–Trinajstić information content (AvgIpc) is 3.38. The highest BCUT2D eigenvalue weighted by molar-refractivity contribution is 5.75. The van der Waals surface area contributed by atoms with Gasteiger partial charge in [-0.1, -0.05) is 24.3 Å². The Labute approximate surface area is 192 Å². The maximum Gasteiger partial charge on any atom is 0.287 e. The van der Waals surface area contributed by atoms with Crippen LogP contribution in [0, 0.1) is 5.82 Å². The van der Waals surface area contributed by atoms with Crippen LogP contribution in [0.1, 0.15) is 25.0 Å². The number of methoxy groups -OCH3 is 1. The maximum atomic E-state index is 14.0. The van der Waals surface area contributed by atoms with Crippen molar-refractivity contribution in [1.82, 2.24) is 10.4 Å². The lowest BCUT2D eigenvalue weighted by molar-refractivity contribution is -0.116. The Balaban J connectivity index is 1.29. The van der Waals surface area contributed by atoms with E-state index in [9.17, 15) is 4.39 Å². The maximum absolute atomic E-state index is 14.0. The van der Waals surface area contributed by atoms with Gasteiger partial charge in [0.2, 0.25) is 5.79 Å². The van der Waals surface area contributed by atoms with Gasteiger partial charge < -0.3 is 28.7 Å². The van der Waals surface area contributed by atoms with Crippen molar-refractivity contribution in [2.45, 2.75) is 32.8 Å². The first-order chi connectivity index (χ1) is 15.9. The van der Waals surface area contributed by atoms with Crippen molar-refractivity contribution < 1.29 is 28.2 Å². The van der Waals surface area contributed by atoms with E-state index in [0.29, 0.717) is 30.7 Å². The summed E-state index contributed by atoms with van der Waals surface area (Å²) in [5.41, 5.74) is 4.76. The van der Waals surface area contributed by atoms with Crippen LogP contribution >= 0.6 is 0 Å². The second-order valence-corrected chi connectivity index (χ2v) is 8.14. The monoisotopic (exact) mass is 457 g/mol. The number of amidine groups is 1. The van der Waals surface area contributed by atoms with Gasteiger partial charge in [0.25, 0.3) is 6.02 Å². The van der Waals surface area contributed by atoms with Crippen molar-refractivity contribution in [3.05, 3.63) is 71.4 Å². The molecule has 9 heteroatoms. The number of hydroxylamine groups is 1. The van der Waals surface area contributed by atoms with Gasteiger partial charge in [-0.2, -0.15) is 0 Å². The fourth-order valence-electron chi connectivity index (χ4n) is 3.46. The predicted octanol–water partition coefficient (Wildman–Crippen LogP) is 3.73. The predicted molar refractivity (Wildman–Crippen MR) is 120 cm³/mol. The van der Waals surface area contributed by atoms with E-state index in [-0.39, 0.29) is 5.75 Å². The summed E-state index contributed by atoms with van der Waals surface area (Å²) >= 11 is 0. The first-order valence-corrected chi connectivity index (χ1v) is 10.7. The lowest BCUT2D eigenvalue weighted by atomic mass is 10.1. The van der Waals surface area contributed by atoms with Gasteiger partial charge in [0.15, 0.2) is 5.75 Å². The van der Waals surface area contributed by atoms with Gasteiger partial charge >= 0.3 is 0 Å². The van der Waals surface area contributed by atoms with Crippen molar-refractivity contribution in [3.63, 3.8) is 0 Å². The molecule has 0 bridgehead atoms. The first-order valence-electron chi connectivity index (χ1n) is 10.7. The van der Waals surface area contributed by atoms with Crippen molar-refractivity contribution in [2.24, 2.45) is 4.99 Å². The van der Waals surface area contributed by atoms with Crippen LogP contribution in [0.25, 0.3) is 0 Å². The van der Waals surface area contributed by atoms with Crippen molar-refractivity contribution >= 4 is 6.02 Å². The van der Waals surface area contributed by atoms with Crippen LogP contribution in [0.15, 0.2) is 59.4 Å². The third kappa shape index (κ3) is 6.29.